The predicted octanol–water partition coefficient (Wildman–Crippen LogP) is 3.43. The molecule has 0 saturated carbocycles. The lowest BCUT2D eigenvalue weighted by molar-refractivity contribution is 0.645. The van der Waals surface area contributed by atoms with E-state index < -0.39 is 0 Å². The van der Waals surface area contributed by atoms with E-state index in [0.29, 0.717) is 0 Å². The first-order valence-electron chi connectivity index (χ1n) is 7.04. The van der Waals surface area contributed by atoms with Crippen LogP contribution in [0.4, 0.5) is 0 Å². The molecule has 0 amide bonds. The molecule has 1 heterocycles. The summed E-state index contributed by atoms with van der Waals surface area (Å²) in [6.45, 7) is 7.37. The van der Waals surface area contributed by atoms with Crippen LogP contribution in [-0.2, 0) is 13.0 Å². The van der Waals surface area contributed by atoms with Crippen LogP contribution in [0.2, 0.25) is 0 Å². The van der Waals surface area contributed by atoms with Crippen molar-refractivity contribution in [2.45, 2.75) is 46.2 Å². The van der Waals surface area contributed by atoms with Gasteiger partial charge in [-0.15, -0.1) is 0 Å². The first kappa shape index (κ1) is 13.9. The molecule has 2 rings (SSSR count). The molecule has 1 atom stereocenters. The number of benzene rings is 1. The Bertz CT molecular complexity index is 520. The van der Waals surface area contributed by atoms with Gasteiger partial charge in [-0.25, -0.2) is 0 Å². The first-order valence-corrected chi connectivity index (χ1v) is 7.04. The summed E-state index contributed by atoms with van der Waals surface area (Å²) in [4.78, 5) is 0. The van der Waals surface area contributed by atoms with Crippen LogP contribution in [0.15, 0.2) is 36.7 Å². The lowest BCUT2D eigenvalue weighted by Gasteiger charge is -2.07. The minimum Gasteiger partial charge on any atom is -0.350 e. The minimum atomic E-state index is 0.275. The van der Waals surface area contributed by atoms with Gasteiger partial charge in [0.25, 0.3) is 0 Å². The number of aryl methyl sites for hydroxylation is 2. The highest BCUT2D eigenvalue weighted by molar-refractivity contribution is 5.29. The standard InChI is InChI=1S/C17H24N2/c1-4-17(18)10-15-5-6-19(11-15)12-16-8-13(2)7-14(3)9-16/h5-9,11,17H,4,10,12,18H2,1-3H3. The molecule has 0 radical (unpaired) electrons. The lowest BCUT2D eigenvalue weighted by atomic mass is 10.1. The fourth-order valence-corrected chi connectivity index (χ4v) is 2.53. The Balaban J connectivity index is 2.07. The van der Waals surface area contributed by atoms with Crippen molar-refractivity contribution in [3.8, 4) is 0 Å². The lowest BCUT2D eigenvalue weighted by Crippen LogP contribution is -2.21. The van der Waals surface area contributed by atoms with Gasteiger partial charge in [0.2, 0.25) is 0 Å². The van der Waals surface area contributed by atoms with Crippen LogP contribution in [-0.4, -0.2) is 10.6 Å². The van der Waals surface area contributed by atoms with E-state index in [4.69, 9.17) is 5.73 Å². The fourth-order valence-electron chi connectivity index (χ4n) is 2.53. The Labute approximate surface area is 116 Å². The maximum Gasteiger partial charge on any atom is 0.0470 e. The quantitative estimate of drug-likeness (QED) is 0.873. The van der Waals surface area contributed by atoms with Gasteiger partial charge in [-0.05, 0) is 43.9 Å². The van der Waals surface area contributed by atoms with Crippen molar-refractivity contribution < 1.29 is 0 Å². The van der Waals surface area contributed by atoms with Crippen molar-refractivity contribution in [3.05, 3.63) is 58.9 Å². The van der Waals surface area contributed by atoms with Gasteiger partial charge >= 0.3 is 0 Å². The summed E-state index contributed by atoms with van der Waals surface area (Å²) in [6, 6.07) is 9.18. The van der Waals surface area contributed by atoms with Crippen LogP contribution >= 0.6 is 0 Å². The Morgan fingerprint density at radius 3 is 2.42 bits per heavy atom. The molecule has 0 aliphatic carbocycles. The topological polar surface area (TPSA) is 30.9 Å². The van der Waals surface area contributed by atoms with Gasteiger partial charge in [0, 0.05) is 25.0 Å². The fraction of sp³-hybridized carbons (Fsp3) is 0.412. The number of nitrogens with two attached hydrogens (primary N) is 1. The van der Waals surface area contributed by atoms with Gasteiger partial charge in [-0.3, -0.25) is 0 Å². The molecule has 0 aliphatic rings. The van der Waals surface area contributed by atoms with Gasteiger partial charge in [0.05, 0.1) is 0 Å². The summed E-state index contributed by atoms with van der Waals surface area (Å²) >= 11 is 0. The molecular weight excluding hydrogens is 232 g/mol. The highest BCUT2D eigenvalue weighted by Crippen LogP contribution is 2.12. The molecule has 0 aliphatic heterocycles. The van der Waals surface area contributed by atoms with Crippen molar-refractivity contribution in [2.24, 2.45) is 5.73 Å². The monoisotopic (exact) mass is 256 g/mol. The number of hydrogen-bond donors (Lipinski definition) is 1. The van der Waals surface area contributed by atoms with Crippen LogP contribution in [0, 0.1) is 13.8 Å². The van der Waals surface area contributed by atoms with E-state index >= 15 is 0 Å². The molecule has 0 fully saturated rings. The van der Waals surface area contributed by atoms with Gasteiger partial charge in [-0.1, -0.05) is 36.2 Å². The van der Waals surface area contributed by atoms with E-state index in [1.807, 2.05) is 0 Å². The molecule has 2 nitrogen and oxygen atoms in total. The summed E-state index contributed by atoms with van der Waals surface area (Å²) in [5, 5.41) is 0. The van der Waals surface area contributed by atoms with Crippen molar-refractivity contribution >= 4 is 0 Å². The van der Waals surface area contributed by atoms with Crippen molar-refractivity contribution in [1.82, 2.24) is 4.57 Å². The van der Waals surface area contributed by atoms with E-state index in [1.165, 1.54) is 22.3 Å². The van der Waals surface area contributed by atoms with Crippen LogP contribution < -0.4 is 5.73 Å². The smallest absolute Gasteiger partial charge is 0.0470 e. The molecule has 2 aromatic rings. The van der Waals surface area contributed by atoms with E-state index in [0.717, 1.165) is 19.4 Å². The average molecular weight is 256 g/mol. The SMILES string of the molecule is CCC(N)Cc1ccn(Cc2cc(C)cc(C)c2)c1. The molecule has 1 unspecified atom stereocenters. The second kappa shape index (κ2) is 6.07. The van der Waals surface area contributed by atoms with Crippen molar-refractivity contribution in [2.75, 3.05) is 0 Å². The highest BCUT2D eigenvalue weighted by atomic mass is 14.9. The van der Waals surface area contributed by atoms with Gasteiger partial charge in [-0.2, -0.15) is 0 Å². The number of aromatic nitrogens is 1. The van der Waals surface area contributed by atoms with E-state index in [2.05, 4.69) is 62.0 Å². The van der Waals surface area contributed by atoms with E-state index in [-0.39, 0.29) is 6.04 Å². The normalized spacial score (nSPS) is 12.6. The summed E-state index contributed by atoms with van der Waals surface area (Å²) in [6.07, 6.45) is 6.36. The Morgan fingerprint density at radius 1 is 1.11 bits per heavy atom. The number of nitrogens with zero attached hydrogens (tertiary/aromatic N) is 1. The Morgan fingerprint density at radius 2 is 1.79 bits per heavy atom. The zero-order chi connectivity index (χ0) is 13.8. The molecule has 19 heavy (non-hydrogen) atoms. The van der Waals surface area contributed by atoms with E-state index in [1.54, 1.807) is 0 Å². The summed E-state index contributed by atoms with van der Waals surface area (Å²) in [7, 11) is 0. The first-order chi connectivity index (χ1) is 9.06. The summed E-state index contributed by atoms with van der Waals surface area (Å²) in [5.74, 6) is 0. The molecule has 0 spiro atoms. The molecule has 1 aromatic heterocycles. The third kappa shape index (κ3) is 3.97. The maximum atomic E-state index is 6.00. The van der Waals surface area contributed by atoms with Crippen molar-refractivity contribution in [1.29, 1.82) is 0 Å². The second-order valence-electron chi connectivity index (χ2n) is 5.56. The Hall–Kier alpha value is -1.54. The predicted molar refractivity (Wildman–Crippen MR) is 81.4 cm³/mol. The van der Waals surface area contributed by atoms with Gasteiger partial charge in [0.15, 0.2) is 0 Å². The molecule has 0 saturated heterocycles. The molecule has 102 valence electrons. The van der Waals surface area contributed by atoms with Crippen LogP contribution in [0.3, 0.4) is 0 Å². The molecular formula is C17H24N2. The van der Waals surface area contributed by atoms with Gasteiger partial charge < -0.3 is 10.3 Å². The zero-order valence-corrected chi connectivity index (χ0v) is 12.2. The van der Waals surface area contributed by atoms with Crippen LogP contribution in [0.5, 0.6) is 0 Å². The maximum absolute atomic E-state index is 6.00. The van der Waals surface area contributed by atoms with Gasteiger partial charge in [0.1, 0.15) is 0 Å². The molecule has 2 N–H and O–H groups in total. The van der Waals surface area contributed by atoms with Crippen LogP contribution in [0.25, 0.3) is 0 Å². The number of rotatable bonds is 5. The third-order valence-corrected chi connectivity index (χ3v) is 3.48. The van der Waals surface area contributed by atoms with E-state index in [9.17, 15) is 0 Å². The average Bonchev–Trinajstić information content (AvgIpc) is 2.74. The zero-order valence-electron chi connectivity index (χ0n) is 12.2. The van der Waals surface area contributed by atoms with Crippen LogP contribution in [0.1, 0.15) is 35.6 Å². The highest BCUT2D eigenvalue weighted by Gasteiger charge is 2.04. The minimum absolute atomic E-state index is 0.275. The second-order valence-corrected chi connectivity index (χ2v) is 5.56. The molecule has 2 heteroatoms. The summed E-state index contributed by atoms with van der Waals surface area (Å²) in [5.41, 5.74) is 11.3. The number of hydrogen-bond acceptors (Lipinski definition) is 1. The van der Waals surface area contributed by atoms with Crippen molar-refractivity contribution in [3.63, 3.8) is 0 Å². The largest absolute Gasteiger partial charge is 0.350 e. The summed E-state index contributed by atoms with van der Waals surface area (Å²) < 4.78 is 2.24. The third-order valence-electron chi connectivity index (χ3n) is 3.48. The molecule has 1 aromatic carbocycles. The Kier molecular flexibility index (Phi) is 4.43. The molecule has 0 bridgehead atoms.